The van der Waals surface area contributed by atoms with Crippen LogP contribution < -0.4 is 5.73 Å². The van der Waals surface area contributed by atoms with Crippen LogP contribution in [0.15, 0.2) is 30.3 Å². The number of carbonyl (C=O) groups is 1. The fourth-order valence-electron chi connectivity index (χ4n) is 3.85. The first-order valence-corrected chi connectivity index (χ1v) is 9.38. The van der Waals surface area contributed by atoms with Crippen LogP contribution in [0.3, 0.4) is 0 Å². The Kier molecular flexibility index (Phi) is 7.73. The molecule has 2 N–H and O–H groups in total. The molecule has 1 amide bonds. The van der Waals surface area contributed by atoms with E-state index in [0.717, 1.165) is 37.4 Å². The molecule has 1 saturated carbocycles. The van der Waals surface area contributed by atoms with E-state index in [1.807, 2.05) is 35.2 Å². The summed E-state index contributed by atoms with van der Waals surface area (Å²) in [6, 6.07) is 9.07. The summed E-state index contributed by atoms with van der Waals surface area (Å²) >= 11 is 0. The smallest absolute Gasteiger partial charge is 0.244 e. The monoisotopic (exact) mass is 366 g/mol. The molecule has 0 aromatic heterocycles. The molecule has 3 rings (SSSR count). The van der Waals surface area contributed by atoms with E-state index in [1.54, 1.807) is 0 Å². The van der Waals surface area contributed by atoms with Crippen molar-refractivity contribution in [1.82, 2.24) is 4.90 Å². The first-order chi connectivity index (χ1) is 11.6. The molecule has 5 heteroatoms. The third kappa shape index (κ3) is 5.44. The van der Waals surface area contributed by atoms with Gasteiger partial charge in [-0.25, -0.2) is 0 Å². The highest BCUT2D eigenvalue weighted by atomic mass is 35.5. The molecular weight excluding hydrogens is 336 g/mol. The van der Waals surface area contributed by atoms with Gasteiger partial charge in [-0.15, -0.1) is 12.4 Å². The zero-order valence-electron chi connectivity index (χ0n) is 15.1. The molecule has 1 heterocycles. The summed E-state index contributed by atoms with van der Waals surface area (Å²) in [6.07, 6.45) is 7.55. The minimum Gasteiger partial charge on any atom is -0.375 e. The van der Waals surface area contributed by atoms with Crippen LogP contribution in [-0.2, 0) is 9.53 Å². The van der Waals surface area contributed by atoms with Crippen molar-refractivity contribution in [2.24, 2.45) is 11.7 Å². The highest BCUT2D eigenvalue weighted by Crippen LogP contribution is 2.28. The summed E-state index contributed by atoms with van der Waals surface area (Å²) in [5, 5.41) is 0. The Morgan fingerprint density at radius 3 is 2.20 bits per heavy atom. The second kappa shape index (κ2) is 9.56. The number of rotatable bonds is 4. The summed E-state index contributed by atoms with van der Waals surface area (Å²) in [4.78, 5) is 14.5. The Morgan fingerprint density at radius 2 is 1.60 bits per heavy atom. The molecule has 1 aliphatic heterocycles. The first kappa shape index (κ1) is 20.2. The predicted octanol–water partition coefficient (Wildman–Crippen LogP) is 3.69. The standard InChI is InChI=1S/C20H30N2O2.ClH/c1-15-7-9-17(10-8-15)24-18-11-13-22(14-12-18)20(23)19(21)16-5-3-2-4-6-16;/h2-6,15,17-19H,7-14,21H2,1H3;1H. The van der Waals surface area contributed by atoms with E-state index >= 15 is 0 Å². The number of piperidine rings is 1. The fourth-order valence-corrected chi connectivity index (χ4v) is 3.85. The lowest BCUT2D eigenvalue weighted by atomic mass is 9.88. The molecule has 0 bridgehead atoms. The van der Waals surface area contributed by atoms with E-state index in [9.17, 15) is 4.79 Å². The lowest BCUT2D eigenvalue weighted by molar-refractivity contribution is -0.136. The SMILES string of the molecule is CC1CCC(OC2CCN(C(=O)C(N)c3ccccc3)CC2)CC1.Cl. The molecule has 25 heavy (non-hydrogen) atoms. The largest absolute Gasteiger partial charge is 0.375 e. The number of nitrogens with zero attached hydrogens (tertiary/aromatic N) is 1. The third-order valence-corrected chi connectivity index (χ3v) is 5.53. The number of ether oxygens (including phenoxy) is 1. The topological polar surface area (TPSA) is 55.6 Å². The molecule has 0 spiro atoms. The molecule has 1 unspecified atom stereocenters. The van der Waals surface area contributed by atoms with Crippen molar-refractivity contribution in [3.8, 4) is 0 Å². The Hall–Kier alpha value is -1.10. The zero-order chi connectivity index (χ0) is 16.9. The maximum absolute atomic E-state index is 12.6. The molecule has 2 fully saturated rings. The van der Waals surface area contributed by atoms with Gasteiger partial charge in [0.05, 0.1) is 12.2 Å². The predicted molar refractivity (Wildman–Crippen MR) is 103 cm³/mol. The van der Waals surface area contributed by atoms with Gasteiger partial charge in [-0.3, -0.25) is 4.79 Å². The second-order valence-corrected chi connectivity index (χ2v) is 7.43. The normalized spacial score (nSPS) is 25.9. The zero-order valence-corrected chi connectivity index (χ0v) is 15.9. The van der Waals surface area contributed by atoms with Gasteiger partial charge in [-0.2, -0.15) is 0 Å². The van der Waals surface area contributed by atoms with Crippen molar-refractivity contribution in [3.63, 3.8) is 0 Å². The van der Waals surface area contributed by atoms with E-state index < -0.39 is 6.04 Å². The van der Waals surface area contributed by atoms with Gasteiger partial charge in [0.25, 0.3) is 0 Å². The van der Waals surface area contributed by atoms with Crippen molar-refractivity contribution >= 4 is 18.3 Å². The average Bonchev–Trinajstić information content (AvgIpc) is 2.64. The molecule has 1 atom stereocenters. The van der Waals surface area contributed by atoms with E-state index in [0.29, 0.717) is 12.2 Å². The Balaban J connectivity index is 0.00000225. The van der Waals surface area contributed by atoms with Crippen molar-refractivity contribution in [2.75, 3.05) is 13.1 Å². The first-order valence-electron chi connectivity index (χ1n) is 9.38. The Morgan fingerprint density at radius 1 is 1.04 bits per heavy atom. The molecule has 1 aromatic rings. The molecule has 1 saturated heterocycles. The molecule has 140 valence electrons. The van der Waals surface area contributed by atoms with Crippen molar-refractivity contribution < 1.29 is 9.53 Å². The van der Waals surface area contributed by atoms with E-state index in [-0.39, 0.29) is 18.3 Å². The molecule has 1 aliphatic carbocycles. The van der Waals surface area contributed by atoms with E-state index in [4.69, 9.17) is 10.5 Å². The van der Waals surface area contributed by atoms with Crippen molar-refractivity contribution in [3.05, 3.63) is 35.9 Å². The second-order valence-electron chi connectivity index (χ2n) is 7.43. The number of hydrogen-bond acceptors (Lipinski definition) is 3. The third-order valence-electron chi connectivity index (χ3n) is 5.53. The van der Waals surface area contributed by atoms with Gasteiger partial charge >= 0.3 is 0 Å². The van der Waals surface area contributed by atoms with Crippen LogP contribution in [0.25, 0.3) is 0 Å². The number of hydrogen-bond donors (Lipinski definition) is 1. The number of carbonyl (C=O) groups excluding carboxylic acids is 1. The minimum absolute atomic E-state index is 0. The van der Waals surface area contributed by atoms with Gasteiger partial charge in [0.1, 0.15) is 6.04 Å². The number of benzene rings is 1. The van der Waals surface area contributed by atoms with Crippen LogP contribution in [0.1, 0.15) is 57.1 Å². The van der Waals surface area contributed by atoms with Crippen LogP contribution in [0.2, 0.25) is 0 Å². The summed E-state index contributed by atoms with van der Waals surface area (Å²) in [5.41, 5.74) is 7.03. The van der Waals surface area contributed by atoms with Crippen LogP contribution in [-0.4, -0.2) is 36.1 Å². The summed E-state index contributed by atoms with van der Waals surface area (Å²) < 4.78 is 6.28. The Bertz CT molecular complexity index is 524. The van der Waals surface area contributed by atoms with E-state index in [1.165, 1.54) is 25.7 Å². The van der Waals surface area contributed by atoms with E-state index in [2.05, 4.69) is 6.92 Å². The van der Waals surface area contributed by atoms with Crippen LogP contribution in [0.5, 0.6) is 0 Å². The maximum Gasteiger partial charge on any atom is 0.244 e. The van der Waals surface area contributed by atoms with Gasteiger partial charge in [0.15, 0.2) is 0 Å². The summed E-state index contributed by atoms with van der Waals surface area (Å²) in [5.74, 6) is 0.884. The van der Waals surface area contributed by atoms with Crippen LogP contribution in [0.4, 0.5) is 0 Å². The molecule has 2 aliphatic rings. The fraction of sp³-hybridized carbons (Fsp3) is 0.650. The molecule has 4 nitrogen and oxygen atoms in total. The quantitative estimate of drug-likeness (QED) is 0.884. The molecule has 0 radical (unpaired) electrons. The van der Waals surface area contributed by atoms with Crippen molar-refractivity contribution in [1.29, 1.82) is 0 Å². The van der Waals surface area contributed by atoms with Crippen LogP contribution in [0, 0.1) is 5.92 Å². The minimum atomic E-state index is -0.552. The summed E-state index contributed by atoms with van der Waals surface area (Å²) in [6.45, 7) is 3.84. The lowest BCUT2D eigenvalue weighted by Crippen LogP contribution is -2.45. The number of nitrogens with two attached hydrogens (primary N) is 1. The Labute approximate surface area is 157 Å². The van der Waals surface area contributed by atoms with Gasteiger partial charge in [-0.1, -0.05) is 37.3 Å². The average molecular weight is 367 g/mol. The molecular formula is C20H31ClN2O2. The van der Waals surface area contributed by atoms with Crippen molar-refractivity contribution in [2.45, 2.75) is 63.7 Å². The number of amides is 1. The van der Waals surface area contributed by atoms with Gasteiger partial charge in [0.2, 0.25) is 5.91 Å². The maximum atomic E-state index is 12.6. The van der Waals surface area contributed by atoms with Gasteiger partial charge < -0.3 is 15.4 Å². The van der Waals surface area contributed by atoms with Crippen LogP contribution >= 0.6 is 12.4 Å². The number of likely N-dealkylation sites (tertiary alicyclic amines) is 1. The number of halogens is 1. The highest BCUT2D eigenvalue weighted by Gasteiger charge is 2.29. The molecule has 1 aromatic carbocycles. The lowest BCUT2D eigenvalue weighted by Gasteiger charge is -2.36. The van der Waals surface area contributed by atoms with Gasteiger partial charge in [-0.05, 0) is 50.0 Å². The highest BCUT2D eigenvalue weighted by molar-refractivity contribution is 5.85. The summed E-state index contributed by atoms with van der Waals surface area (Å²) in [7, 11) is 0. The van der Waals surface area contributed by atoms with Gasteiger partial charge in [0, 0.05) is 13.1 Å².